The summed E-state index contributed by atoms with van der Waals surface area (Å²) in [5, 5.41) is 17.9. The van der Waals surface area contributed by atoms with Gasteiger partial charge in [-0.3, -0.25) is 5.10 Å². The highest BCUT2D eigenvalue weighted by atomic mass is 35.5. The van der Waals surface area contributed by atoms with E-state index in [0.29, 0.717) is 32.6 Å². The van der Waals surface area contributed by atoms with Gasteiger partial charge in [-0.25, -0.2) is 4.39 Å². The van der Waals surface area contributed by atoms with Crippen LogP contribution in [0.3, 0.4) is 0 Å². The average Bonchev–Trinajstić information content (AvgIpc) is 3.28. The monoisotopic (exact) mass is 506 g/mol. The summed E-state index contributed by atoms with van der Waals surface area (Å²) in [4.78, 5) is 0. The minimum Gasteiger partial charge on any atom is -0.489 e. The molecule has 1 atom stereocenters. The van der Waals surface area contributed by atoms with Crippen molar-refractivity contribution in [1.82, 2.24) is 10.2 Å². The molecule has 3 aromatic carbocycles. The lowest BCUT2D eigenvalue weighted by molar-refractivity contribution is 0.300. The largest absolute Gasteiger partial charge is 0.489 e. The van der Waals surface area contributed by atoms with E-state index < -0.39 is 5.92 Å². The summed E-state index contributed by atoms with van der Waals surface area (Å²) >= 11 is 12.3. The average molecular weight is 507 g/mol. The first kappa shape index (κ1) is 22.8. The summed E-state index contributed by atoms with van der Waals surface area (Å²) in [5.74, 6) is -0.0679. The van der Waals surface area contributed by atoms with E-state index in [9.17, 15) is 9.65 Å². The fraction of sp³-hybridized carbons (Fsp3) is 0.0769. The third-order valence-electron chi connectivity index (χ3n) is 5.71. The molecule has 35 heavy (non-hydrogen) atoms. The van der Waals surface area contributed by atoms with E-state index in [1.807, 2.05) is 12.1 Å². The minimum atomic E-state index is -0.549. The lowest BCUT2D eigenvalue weighted by Crippen LogP contribution is -2.21. The molecule has 0 saturated carbocycles. The van der Waals surface area contributed by atoms with Crippen molar-refractivity contribution in [2.24, 2.45) is 5.73 Å². The van der Waals surface area contributed by atoms with Crippen molar-refractivity contribution in [3.8, 4) is 29.0 Å². The van der Waals surface area contributed by atoms with E-state index in [0.717, 1.165) is 11.1 Å². The number of benzene rings is 3. The molecule has 0 aliphatic carbocycles. The molecular formula is C26H17Cl2FN4O2. The van der Waals surface area contributed by atoms with E-state index in [-0.39, 0.29) is 29.8 Å². The summed E-state index contributed by atoms with van der Waals surface area (Å²) < 4.78 is 25.3. The number of H-pyrrole nitrogens is 1. The number of hydrogen-bond acceptors (Lipinski definition) is 5. The Labute approximate surface area is 210 Å². The van der Waals surface area contributed by atoms with Crippen LogP contribution < -0.4 is 15.2 Å². The maximum absolute atomic E-state index is 13.9. The molecule has 0 radical (unpaired) electrons. The molecule has 2 heterocycles. The first-order valence-corrected chi connectivity index (χ1v) is 11.3. The van der Waals surface area contributed by atoms with Crippen molar-refractivity contribution in [2.45, 2.75) is 12.5 Å². The Morgan fingerprint density at radius 3 is 2.57 bits per heavy atom. The van der Waals surface area contributed by atoms with Gasteiger partial charge in [-0.05, 0) is 35.9 Å². The van der Waals surface area contributed by atoms with Gasteiger partial charge in [-0.1, -0.05) is 59.6 Å². The molecule has 0 fully saturated rings. The SMILES string of the molecule is N#CC1=C(N)Oc2n[nH]c(-c3ccc(Cl)c(Cl)c3)c2[C@@H]1c1ccc(OCc2ccccc2F)cc1. The Bertz CT molecular complexity index is 1490. The second-order valence-corrected chi connectivity index (χ2v) is 8.63. The third kappa shape index (κ3) is 4.30. The van der Waals surface area contributed by atoms with Crippen molar-refractivity contribution in [3.63, 3.8) is 0 Å². The summed E-state index contributed by atoms with van der Waals surface area (Å²) in [6, 6.07) is 21.0. The molecule has 1 aliphatic heterocycles. The van der Waals surface area contributed by atoms with E-state index in [2.05, 4.69) is 16.3 Å². The number of hydrogen-bond donors (Lipinski definition) is 2. The fourth-order valence-corrected chi connectivity index (χ4v) is 4.28. The van der Waals surface area contributed by atoms with Gasteiger partial charge in [0.15, 0.2) is 0 Å². The Kier molecular flexibility index (Phi) is 6.08. The van der Waals surface area contributed by atoms with Crippen molar-refractivity contribution in [2.75, 3.05) is 0 Å². The van der Waals surface area contributed by atoms with Gasteiger partial charge in [0.25, 0.3) is 0 Å². The van der Waals surface area contributed by atoms with Crippen LogP contribution >= 0.6 is 23.2 Å². The zero-order chi connectivity index (χ0) is 24.5. The quantitative estimate of drug-likeness (QED) is 0.330. The van der Waals surface area contributed by atoms with Crippen LogP contribution in [0.2, 0.25) is 10.0 Å². The van der Waals surface area contributed by atoms with Crippen LogP contribution in [0.25, 0.3) is 11.3 Å². The van der Waals surface area contributed by atoms with E-state index in [1.54, 1.807) is 48.5 Å². The van der Waals surface area contributed by atoms with Gasteiger partial charge >= 0.3 is 0 Å². The molecule has 3 N–H and O–H groups in total. The molecule has 0 amide bonds. The van der Waals surface area contributed by atoms with Crippen molar-refractivity contribution < 1.29 is 13.9 Å². The molecule has 0 saturated heterocycles. The lowest BCUT2D eigenvalue weighted by Gasteiger charge is -2.24. The van der Waals surface area contributed by atoms with Crippen molar-refractivity contribution in [3.05, 3.63) is 111 Å². The van der Waals surface area contributed by atoms with E-state index >= 15 is 0 Å². The second-order valence-electron chi connectivity index (χ2n) is 7.82. The highest BCUT2D eigenvalue weighted by Crippen LogP contribution is 2.46. The molecule has 0 unspecified atom stereocenters. The first-order chi connectivity index (χ1) is 17.0. The summed E-state index contributed by atoms with van der Waals surface area (Å²) in [6.07, 6.45) is 0. The Morgan fingerprint density at radius 1 is 1.09 bits per heavy atom. The zero-order valence-electron chi connectivity index (χ0n) is 18.1. The zero-order valence-corrected chi connectivity index (χ0v) is 19.6. The van der Waals surface area contributed by atoms with Gasteiger partial charge in [0, 0.05) is 11.1 Å². The third-order valence-corrected chi connectivity index (χ3v) is 6.45. The fourth-order valence-electron chi connectivity index (χ4n) is 3.98. The maximum Gasteiger partial charge on any atom is 0.244 e. The predicted octanol–water partition coefficient (Wildman–Crippen LogP) is 6.32. The van der Waals surface area contributed by atoms with Gasteiger partial charge in [0.05, 0.1) is 27.2 Å². The van der Waals surface area contributed by atoms with Crippen LogP contribution in [0, 0.1) is 17.1 Å². The van der Waals surface area contributed by atoms with E-state index in [1.165, 1.54) is 6.07 Å². The Balaban J connectivity index is 1.50. The number of rotatable bonds is 5. The normalized spacial score (nSPS) is 14.7. The minimum absolute atomic E-state index is 0.0166. The van der Waals surface area contributed by atoms with Crippen LogP contribution in [0.4, 0.5) is 4.39 Å². The number of aromatic amines is 1. The van der Waals surface area contributed by atoms with Crippen LogP contribution in [0.1, 0.15) is 22.6 Å². The number of allylic oxidation sites excluding steroid dienone is 1. The molecule has 174 valence electrons. The van der Waals surface area contributed by atoms with Gasteiger partial charge in [0.2, 0.25) is 11.8 Å². The second kappa shape index (κ2) is 9.34. The smallest absolute Gasteiger partial charge is 0.244 e. The van der Waals surface area contributed by atoms with Crippen LogP contribution in [-0.4, -0.2) is 10.2 Å². The summed E-state index contributed by atoms with van der Waals surface area (Å²) in [5.41, 5.74) is 9.54. The molecule has 0 bridgehead atoms. The Hall–Kier alpha value is -3.99. The van der Waals surface area contributed by atoms with Crippen molar-refractivity contribution in [1.29, 1.82) is 5.26 Å². The maximum atomic E-state index is 13.9. The molecule has 9 heteroatoms. The van der Waals surface area contributed by atoms with Gasteiger partial charge in [0.1, 0.15) is 29.8 Å². The van der Waals surface area contributed by atoms with E-state index in [4.69, 9.17) is 38.4 Å². The molecule has 1 aliphatic rings. The van der Waals surface area contributed by atoms with Gasteiger partial charge in [-0.15, -0.1) is 5.10 Å². The van der Waals surface area contributed by atoms with Gasteiger partial charge in [-0.2, -0.15) is 5.26 Å². The van der Waals surface area contributed by atoms with Crippen molar-refractivity contribution >= 4 is 23.2 Å². The number of halogens is 3. The van der Waals surface area contributed by atoms with Crippen LogP contribution in [0.15, 0.2) is 78.2 Å². The van der Waals surface area contributed by atoms with Crippen LogP contribution in [-0.2, 0) is 6.61 Å². The number of nitriles is 1. The standard InChI is InChI=1S/C26H17Cl2FN4O2/c27-19-10-7-15(11-20(19)28)24-23-22(18(12-30)25(31)35-26(23)33-32-24)14-5-8-17(9-6-14)34-13-16-3-1-2-4-21(16)29/h1-11,22H,13,31H2,(H,32,33)/t22-/m1/s1. The highest BCUT2D eigenvalue weighted by Gasteiger charge is 2.35. The topological polar surface area (TPSA) is 97.0 Å². The number of aromatic nitrogens is 2. The number of ether oxygens (including phenoxy) is 2. The molecule has 5 rings (SSSR count). The van der Waals surface area contributed by atoms with Gasteiger partial charge < -0.3 is 15.2 Å². The number of fused-ring (bicyclic) bond motifs is 1. The number of nitrogens with one attached hydrogen (secondary N) is 1. The number of nitrogens with two attached hydrogens (primary N) is 1. The molecule has 6 nitrogen and oxygen atoms in total. The first-order valence-electron chi connectivity index (χ1n) is 10.5. The Morgan fingerprint density at radius 2 is 1.86 bits per heavy atom. The van der Waals surface area contributed by atoms with Crippen LogP contribution in [0.5, 0.6) is 11.6 Å². The summed E-state index contributed by atoms with van der Waals surface area (Å²) in [7, 11) is 0. The molecule has 1 aromatic heterocycles. The molecule has 0 spiro atoms. The molecule has 4 aromatic rings. The number of nitrogens with zero attached hydrogens (tertiary/aromatic N) is 2. The lowest BCUT2D eigenvalue weighted by atomic mass is 9.83. The highest BCUT2D eigenvalue weighted by molar-refractivity contribution is 6.42. The summed E-state index contributed by atoms with van der Waals surface area (Å²) in [6.45, 7) is 0.0902. The predicted molar refractivity (Wildman–Crippen MR) is 131 cm³/mol. The molecular weight excluding hydrogens is 490 g/mol.